The maximum atomic E-state index is 6.57. The normalized spacial score (nSPS) is 21.3. The number of anilines is 1. The van der Waals surface area contributed by atoms with Gasteiger partial charge in [-0.15, -0.1) is 0 Å². The zero-order valence-electron chi connectivity index (χ0n) is 19.4. The van der Waals surface area contributed by atoms with Gasteiger partial charge < -0.3 is 14.4 Å². The van der Waals surface area contributed by atoms with Crippen LogP contribution in [0.4, 0.5) is 5.69 Å². The summed E-state index contributed by atoms with van der Waals surface area (Å²) in [6.45, 7) is 3.25. The van der Waals surface area contributed by atoms with E-state index < -0.39 is 0 Å². The number of rotatable bonds is 5. The first kappa shape index (κ1) is 21.2. The summed E-state index contributed by atoms with van der Waals surface area (Å²) in [7, 11) is 1.92. The largest absolute Gasteiger partial charge is 0.488 e. The van der Waals surface area contributed by atoms with Crippen LogP contribution in [0.25, 0.3) is 22.1 Å². The molecule has 0 bridgehead atoms. The zero-order chi connectivity index (χ0) is 22.9. The van der Waals surface area contributed by atoms with Gasteiger partial charge in [-0.05, 0) is 44.1 Å². The van der Waals surface area contributed by atoms with Crippen molar-refractivity contribution in [2.24, 2.45) is 13.0 Å². The van der Waals surface area contributed by atoms with Gasteiger partial charge in [-0.1, -0.05) is 0 Å². The van der Waals surface area contributed by atoms with E-state index >= 15 is 0 Å². The molecular weight excluding hydrogens is 430 g/mol. The highest BCUT2D eigenvalue weighted by atomic mass is 16.5. The molecule has 1 aromatic carbocycles. The van der Waals surface area contributed by atoms with Gasteiger partial charge in [-0.2, -0.15) is 5.10 Å². The second-order valence-electron chi connectivity index (χ2n) is 9.26. The van der Waals surface area contributed by atoms with Gasteiger partial charge >= 0.3 is 0 Å². The average molecular weight is 460 g/mol. The van der Waals surface area contributed by atoms with Crippen LogP contribution in [0.3, 0.4) is 0 Å². The van der Waals surface area contributed by atoms with Gasteiger partial charge in [0.25, 0.3) is 0 Å². The monoisotopic (exact) mass is 459 g/mol. The Balaban J connectivity index is 1.16. The van der Waals surface area contributed by atoms with E-state index in [1.807, 2.05) is 17.9 Å². The van der Waals surface area contributed by atoms with Crippen molar-refractivity contribution in [1.82, 2.24) is 29.7 Å². The summed E-state index contributed by atoms with van der Waals surface area (Å²) in [4.78, 5) is 20.4. The number of morpholine rings is 1. The Bertz CT molecular complexity index is 1290. The van der Waals surface area contributed by atoms with E-state index in [-0.39, 0.29) is 6.10 Å². The van der Waals surface area contributed by atoms with Crippen LogP contribution in [0.5, 0.6) is 5.75 Å². The molecule has 9 heteroatoms. The summed E-state index contributed by atoms with van der Waals surface area (Å²) in [6, 6.07) is 4.24. The molecule has 1 saturated heterocycles. The van der Waals surface area contributed by atoms with Gasteiger partial charge in [-0.25, -0.2) is 15.0 Å². The number of hydrogen-bond acceptors (Lipinski definition) is 8. The first-order valence-corrected chi connectivity index (χ1v) is 12.1. The molecule has 0 radical (unpaired) electrons. The number of benzene rings is 1. The van der Waals surface area contributed by atoms with Crippen molar-refractivity contribution in [3.63, 3.8) is 0 Å². The van der Waals surface area contributed by atoms with Crippen LogP contribution in [0.1, 0.15) is 31.4 Å². The van der Waals surface area contributed by atoms with E-state index in [2.05, 4.69) is 42.1 Å². The van der Waals surface area contributed by atoms with E-state index in [1.165, 1.54) is 0 Å². The van der Waals surface area contributed by atoms with Crippen LogP contribution in [0, 0.1) is 5.92 Å². The van der Waals surface area contributed by atoms with Crippen LogP contribution in [-0.4, -0.2) is 62.1 Å². The molecule has 2 fully saturated rings. The zero-order valence-corrected chi connectivity index (χ0v) is 19.4. The van der Waals surface area contributed by atoms with Gasteiger partial charge in [0.05, 0.1) is 42.1 Å². The second kappa shape index (κ2) is 9.13. The number of nitrogens with zero attached hydrogens (tertiary/aromatic N) is 7. The molecule has 4 heterocycles. The molecular formula is C25H29N7O2. The molecule has 176 valence electrons. The first-order chi connectivity index (χ1) is 16.7. The summed E-state index contributed by atoms with van der Waals surface area (Å²) in [5.41, 5.74) is 4.84. The molecule has 0 amide bonds. The molecule has 9 nitrogen and oxygen atoms in total. The van der Waals surface area contributed by atoms with Gasteiger partial charge in [0.15, 0.2) is 5.65 Å². The molecule has 3 aromatic heterocycles. The van der Waals surface area contributed by atoms with Crippen LogP contribution < -0.4 is 9.64 Å². The van der Waals surface area contributed by atoms with Crippen LogP contribution >= 0.6 is 0 Å². The highest BCUT2D eigenvalue weighted by Crippen LogP contribution is 2.35. The molecule has 0 spiro atoms. The summed E-state index contributed by atoms with van der Waals surface area (Å²) < 4.78 is 13.9. The van der Waals surface area contributed by atoms with E-state index in [1.54, 1.807) is 18.7 Å². The molecule has 34 heavy (non-hydrogen) atoms. The molecule has 1 saturated carbocycles. The maximum Gasteiger partial charge on any atom is 0.161 e. The van der Waals surface area contributed by atoms with Crippen LogP contribution in [-0.2, 0) is 18.2 Å². The molecule has 0 unspecified atom stereocenters. The fraction of sp³-hybridized carbons (Fsp3) is 0.480. The maximum absolute atomic E-state index is 6.57. The first-order valence-electron chi connectivity index (χ1n) is 12.1. The minimum absolute atomic E-state index is 0.185. The Kier molecular flexibility index (Phi) is 5.70. The van der Waals surface area contributed by atoms with E-state index in [0.29, 0.717) is 5.92 Å². The molecule has 2 aliphatic rings. The average Bonchev–Trinajstić information content (AvgIpc) is 3.27. The second-order valence-corrected chi connectivity index (χ2v) is 9.26. The highest BCUT2D eigenvalue weighted by molar-refractivity contribution is 5.85. The Hall–Kier alpha value is -3.33. The number of fused-ring (bicyclic) bond motifs is 2. The van der Waals surface area contributed by atoms with Crippen LogP contribution in [0.15, 0.2) is 37.1 Å². The van der Waals surface area contributed by atoms with Gasteiger partial charge in [-0.3, -0.25) is 9.67 Å². The van der Waals surface area contributed by atoms with Crippen molar-refractivity contribution < 1.29 is 9.47 Å². The number of hydrogen-bond donors (Lipinski definition) is 0. The predicted octanol–water partition coefficient (Wildman–Crippen LogP) is 3.32. The van der Waals surface area contributed by atoms with Gasteiger partial charge in [0.1, 0.15) is 17.6 Å². The lowest BCUT2D eigenvalue weighted by Gasteiger charge is -2.31. The molecule has 0 N–H and O–H groups in total. The quantitative estimate of drug-likeness (QED) is 0.449. The van der Waals surface area contributed by atoms with Crippen molar-refractivity contribution in [3.8, 4) is 5.75 Å². The molecule has 1 aliphatic carbocycles. The van der Waals surface area contributed by atoms with Crippen molar-refractivity contribution in [2.75, 3.05) is 31.2 Å². The molecule has 0 atom stereocenters. The molecule has 1 aliphatic heterocycles. The van der Waals surface area contributed by atoms with E-state index in [4.69, 9.17) is 9.47 Å². The topological polar surface area (TPSA) is 91.1 Å². The SMILES string of the molecule is Cn1ncc2c(CC3CCC(Oc4cc(N5CCOCC5)cc5nccnc45)CC3)ncnc21. The van der Waals surface area contributed by atoms with E-state index in [0.717, 1.165) is 97.6 Å². The van der Waals surface area contributed by atoms with Gasteiger partial charge in [0, 0.05) is 44.3 Å². The van der Waals surface area contributed by atoms with Crippen molar-refractivity contribution in [1.29, 1.82) is 0 Å². The summed E-state index contributed by atoms with van der Waals surface area (Å²) >= 11 is 0. The highest BCUT2D eigenvalue weighted by Gasteiger charge is 2.25. The lowest BCUT2D eigenvalue weighted by molar-refractivity contribution is 0.122. The van der Waals surface area contributed by atoms with Crippen molar-refractivity contribution in [3.05, 3.63) is 42.7 Å². The Morgan fingerprint density at radius 2 is 1.82 bits per heavy atom. The van der Waals surface area contributed by atoms with Crippen molar-refractivity contribution in [2.45, 2.75) is 38.2 Å². The van der Waals surface area contributed by atoms with Crippen LogP contribution in [0.2, 0.25) is 0 Å². The number of ether oxygens (including phenoxy) is 2. The lowest BCUT2D eigenvalue weighted by atomic mass is 9.84. The smallest absolute Gasteiger partial charge is 0.161 e. The fourth-order valence-electron chi connectivity index (χ4n) is 5.20. The van der Waals surface area contributed by atoms with Crippen molar-refractivity contribution >= 4 is 27.8 Å². The summed E-state index contributed by atoms with van der Waals surface area (Å²) in [6.07, 6.45) is 12.4. The summed E-state index contributed by atoms with van der Waals surface area (Å²) in [5, 5.41) is 5.41. The molecule has 4 aromatic rings. The molecule has 6 rings (SSSR count). The number of aryl methyl sites for hydroxylation is 1. The third-order valence-electron chi connectivity index (χ3n) is 7.08. The van der Waals surface area contributed by atoms with Gasteiger partial charge in [0.2, 0.25) is 0 Å². The minimum Gasteiger partial charge on any atom is -0.488 e. The summed E-state index contributed by atoms with van der Waals surface area (Å²) in [5.74, 6) is 1.43. The van der Waals surface area contributed by atoms with E-state index in [9.17, 15) is 0 Å². The minimum atomic E-state index is 0.185. The Morgan fingerprint density at radius 3 is 2.68 bits per heavy atom. The standard InChI is InChI=1S/C25H29N7O2/c1-31-25-20(15-30-31)21(28-16-29-25)12-17-2-4-19(5-3-17)34-23-14-18(32-8-10-33-11-9-32)13-22-24(23)27-7-6-26-22/h6-7,13-17,19H,2-5,8-12H2,1H3. The lowest BCUT2D eigenvalue weighted by Crippen LogP contribution is -2.36. The fourth-order valence-corrected chi connectivity index (χ4v) is 5.20. The Labute approximate surface area is 198 Å². The predicted molar refractivity (Wildman–Crippen MR) is 129 cm³/mol. The third kappa shape index (κ3) is 4.16. The Morgan fingerprint density at radius 1 is 1.00 bits per heavy atom. The third-order valence-corrected chi connectivity index (χ3v) is 7.08. The number of aromatic nitrogens is 6.